The molecule has 0 N–H and O–H groups in total. The quantitative estimate of drug-likeness (QED) is 0.184. The maximum atomic E-state index is 11.8. The van der Waals surface area contributed by atoms with Gasteiger partial charge in [0.25, 0.3) is 0 Å². The van der Waals surface area contributed by atoms with Gasteiger partial charge in [-0.3, -0.25) is 4.79 Å². The minimum Gasteiger partial charge on any atom is -0.469 e. The van der Waals surface area contributed by atoms with Crippen LogP contribution in [0.4, 0.5) is 0 Å². The zero-order valence-electron chi connectivity index (χ0n) is 31.5. The highest BCUT2D eigenvalue weighted by molar-refractivity contribution is 6.74. The average molecular weight is 649 g/mol. The van der Waals surface area contributed by atoms with Crippen molar-refractivity contribution in [2.24, 2.45) is 46.3 Å². The molecule has 4 saturated carbocycles. The molecule has 256 valence electrons. The summed E-state index contributed by atoms with van der Waals surface area (Å²) >= 11 is 0. The second-order valence-corrected chi connectivity index (χ2v) is 29.1. The molecule has 0 aromatic carbocycles. The Balaban J connectivity index is 1.61. The maximum Gasteiger partial charge on any atom is 0.305 e. The second kappa shape index (κ2) is 12.7. The van der Waals surface area contributed by atoms with Crippen LogP contribution in [0, 0.1) is 46.3 Å². The van der Waals surface area contributed by atoms with Crippen LogP contribution in [0.2, 0.25) is 36.3 Å². The van der Waals surface area contributed by atoms with E-state index in [4.69, 9.17) is 13.6 Å². The highest BCUT2D eigenvalue weighted by atomic mass is 28.4. The van der Waals surface area contributed by atoms with Gasteiger partial charge in [0.05, 0.1) is 7.11 Å². The highest BCUT2D eigenvalue weighted by Gasteiger charge is 2.64. The van der Waals surface area contributed by atoms with Crippen LogP contribution in [0.15, 0.2) is 0 Å². The number of fused-ring (bicyclic) bond motifs is 5. The van der Waals surface area contributed by atoms with Gasteiger partial charge in [-0.25, -0.2) is 0 Å². The number of esters is 1. The van der Waals surface area contributed by atoms with E-state index in [1.165, 1.54) is 58.5 Å². The highest BCUT2D eigenvalue weighted by Crippen LogP contribution is 2.69. The molecule has 0 aromatic heterocycles. The first-order valence-electron chi connectivity index (χ1n) is 18.5. The zero-order valence-corrected chi connectivity index (χ0v) is 33.5. The Morgan fingerprint density at radius 1 is 0.818 bits per heavy atom. The summed E-state index contributed by atoms with van der Waals surface area (Å²) in [6.07, 6.45) is 13.9. The van der Waals surface area contributed by atoms with Gasteiger partial charge in [0.2, 0.25) is 0 Å². The van der Waals surface area contributed by atoms with Crippen molar-refractivity contribution in [2.75, 3.05) is 7.11 Å². The third-order valence-corrected chi connectivity index (χ3v) is 24.2. The molecule has 0 saturated heterocycles. The lowest BCUT2D eigenvalue weighted by Gasteiger charge is -2.64. The lowest BCUT2D eigenvalue weighted by Crippen LogP contribution is -2.61. The molecular weight excluding hydrogens is 577 g/mol. The molecule has 44 heavy (non-hydrogen) atoms. The summed E-state index contributed by atoms with van der Waals surface area (Å²) in [5.74, 6) is 4.22. The Kier molecular flexibility index (Phi) is 10.6. The number of hydrogen-bond donors (Lipinski definition) is 0. The van der Waals surface area contributed by atoms with Gasteiger partial charge in [-0.05, 0) is 147 Å². The molecular formula is C38H72O4Si2. The van der Waals surface area contributed by atoms with E-state index in [1.54, 1.807) is 0 Å². The van der Waals surface area contributed by atoms with E-state index in [-0.39, 0.29) is 16.0 Å². The minimum absolute atomic E-state index is 0.0618. The van der Waals surface area contributed by atoms with Crippen molar-refractivity contribution in [1.82, 2.24) is 0 Å². The normalized spacial score (nSPS) is 38.8. The molecule has 10 atom stereocenters. The van der Waals surface area contributed by atoms with Crippen molar-refractivity contribution in [3.05, 3.63) is 0 Å². The number of methoxy groups -OCH3 is 1. The van der Waals surface area contributed by atoms with Crippen molar-refractivity contribution < 1.29 is 18.4 Å². The first-order chi connectivity index (χ1) is 20.1. The van der Waals surface area contributed by atoms with Gasteiger partial charge in [-0.15, -0.1) is 0 Å². The van der Waals surface area contributed by atoms with Crippen LogP contribution in [-0.4, -0.2) is 41.9 Å². The van der Waals surface area contributed by atoms with Crippen molar-refractivity contribution >= 4 is 22.6 Å². The van der Waals surface area contributed by atoms with Gasteiger partial charge in [0.1, 0.15) is 0 Å². The molecule has 4 aliphatic rings. The van der Waals surface area contributed by atoms with Crippen LogP contribution in [0.25, 0.3) is 0 Å². The van der Waals surface area contributed by atoms with Crippen molar-refractivity contribution in [1.29, 1.82) is 0 Å². The van der Waals surface area contributed by atoms with E-state index in [2.05, 4.69) is 88.5 Å². The van der Waals surface area contributed by atoms with Crippen LogP contribution in [0.5, 0.6) is 0 Å². The van der Waals surface area contributed by atoms with E-state index in [9.17, 15) is 4.79 Å². The molecule has 0 bridgehead atoms. The van der Waals surface area contributed by atoms with E-state index >= 15 is 0 Å². The Morgan fingerprint density at radius 3 is 1.98 bits per heavy atom. The van der Waals surface area contributed by atoms with Gasteiger partial charge in [-0.1, -0.05) is 62.3 Å². The summed E-state index contributed by atoms with van der Waals surface area (Å²) in [5, 5.41) is 0.469. The summed E-state index contributed by atoms with van der Waals surface area (Å²) in [5.41, 5.74) is 0.781. The van der Waals surface area contributed by atoms with Gasteiger partial charge < -0.3 is 13.6 Å². The van der Waals surface area contributed by atoms with Gasteiger partial charge in [0.15, 0.2) is 16.6 Å². The smallest absolute Gasteiger partial charge is 0.305 e. The second-order valence-electron chi connectivity index (χ2n) is 19.6. The maximum absolute atomic E-state index is 11.8. The molecule has 0 amide bonds. The average Bonchev–Trinajstić information content (AvgIpc) is 3.24. The zero-order chi connectivity index (χ0) is 33.1. The summed E-state index contributed by atoms with van der Waals surface area (Å²) in [7, 11) is -2.23. The fourth-order valence-corrected chi connectivity index (χ4v) is 13.1. The molecule has 4 rings (SSSR count). The monoisotopic (exact) mass is 648 g/mol. The predicted molar refractivity (Wildman–Crippen MR) is 190 cm³/mol. The lowest BCUT2D eigenvalue weighted by molar-refractivity contribution is -0.169. The Morgan fingerprint density at radius 2 is 1.39 bits per heavy atom. The summed E-state index contributed by atoms with van der Waals surface area (Å²) in [6, 6.07) is 0. The number of ether oxygens (including phenoxy) is 1. The predicted octanol–water partition coefficient (Wildman–Crippen LogP) is 11.0. The van der Waals surface area contributed by atoms with E-state index in [1.807, 2.05) is 0 Å². The summed E-state index contributed by atoms with van der Waals surface area (Å²) in [6.45, 7) is 32.1. The summed E-state index contributed by atoms with van der Waals surface area (Å²) < 4.78 is 19.7. The van der Waals surface area contributed by atoms with E-state index in [0.29, 0.717) is 47.2 Å². The van der Waals surface area contributed by atoms with Crippen LogP contribution in [0.3, 0.4) is 0 Å². The number of carbonyl (C=O) groups excluding carboxylic acids is 1. The number of hydrogen-bond acceptors (Lipinski definition) is 4. The Hall–Kier alpha value is -0.176. The van der Waals surface area contributed by atoms with Crippen molar-refractivity contribution in [3.8, 4) is 0 Å². The number of carbonyl (C=O) groups is 1. The summed E-state index contributed by atoms with van der Waals surface area (Å²) in [4.78, 5) is 11.8. The molecule has 4 nitrogen and oxygen atoms in total. The van der Waals surface area contributed by atoms with Crippen molar-refractivity contribution in [2.45, 2.75) is 181 Å². The molecule has 0 spiro atoms. The lowest BCUT2D eigenvalue weighted by atomic mass is 9.43. The van der Waals surface area contributed by atoms with E-state index < -0.39 is 16.6 Å². The molecule has 4 aliphatic carbocycles. The topological polar surface area (TPSA) is 44.8 Å². The van der Waals surface area contributed by atoms with E-state index in [0.717, 1.165) is 30.6 Å². The molecule has 6 heteroatoms. The largest absolute Gasteiger partial charge is 0.469 e. The van der Waals surface area contributed by atoms with Crippen molar-refractivity contribution in [3.63, 3.8) is 0 Å². The Bertz CT molecular complexity index is 1010. The molecule has 0 aromatic rings. The van der Waals surface area contributed by atoms with Gasteiger partial charge in [-0.2, -0.15) is 0 Å². The third kappa shape index (κ3) is 6.86. The van der Waals surface area contributed by atoms with Crippen LogP contribution < -0.4 is 0 Å². The minimum atomic E-state index is -1.94. The first kappa shape index (κ1) is 36.7. The fraction of sp³-hybridized carbons (Fsp3) is 0.974. The molecule has 2 unspecified atom stereocenters. The van der Waals surface area contributed by atoms with Crippen LogP contribution in [-0.2, 0) is 18.4 Å². The fourth-order valence-electron chi connectivity index (χ4n) is 10.4. The SMILES string of the molecule is COC(=O)CCC[C@@H](C)[C@H]1CC[C@H]2[C@@H]3C(O[Si](C)(C)C(C)(C)C)C[C@@H]4CC(O[Si](C)(C)C(C)(C)C)CC[C@]4(C)[C@H]3CC[C@]12C. The third-order valence-electron chi connectivity index (χ3n) is 15.2. The standard InChI is InChI=1S/C38H72O4Si2/c1-26(16-15-17-33(39)40-10)29-18-19-30-34-31(21-23-38(29,30)9)37(8)22-20-28(41-43(11,12)35(2,3)4)24-27(37)25-32(34)42-44(13,14)36(5,6)7/h26-32,34H,15-25H2,1-14H3/t26-,27+,28?,29-,30+,31+,32?,34+,37+,38-/m1/s1. The first-order valence-corrected chi connectivity index (χ1v) is 24.3. The van der Waals surface area contributed by atoms with Crippen LogP contribution in [0.1, 0.15) is 133 Å². The molecule has 0 heterocycles. The van der Waals surface area contributed by atoms with Crippen LogP contribution >= 0.6 is 0 Å². The molecule has 0 aliphatic heterocycles. The molecule has 4 fully saturated rings. The number of rotatable bonds is 9. The molecule has 0 radical (unpaired) electrons. The van der Waals surface area contributed by atoms with Gasteiger partial charge >= 0.3 is 5.97 Å². The van der Waals surface area contributed by atoms with Gasteiger partial charge in [0, 0.05) is 18.6 Å². The Labute approximate surface area is 275 Å².